The third kappa shape index (κ3) is 5.58. The Morgan fingerprint density at radius 1 is 1.13 bits per heavy atom. The highest BCUT2D eigenvalue weighted by molar-refractivity contribution is 9.10. The van der Waals surface area contributed by atoms with Crippen LogP contribution in [0.1, 0.15) is 36.7 Å². The maximum absolute atomic E-state index is 12.3. The number of hydrogen-bond donors (Lipinski definition) is 0. The van der Waals surface area contributed by atoms with Crippen LogP contribution in [0.3, 0.4) is 0 Å². The molecule has 160 valence electrons. The average molecular weight is 476 g/mol. The molecule has 0 aliphatic carbocycles. The first-order valence-corrected chi connectivity index (χ1v) is 10.7. The van der Waals surface area contributed by atoms with Gasteiger partial charge in [-0.05, 0) is 44.5 Å². The highest BCUT2D eigenvalue weighted by Gasteiger charge is 2.26. The van der Waals surface area contributed by atoms with E-state index in [1.54, 1.807) is 32.9 Å². The van der Waals surface area contributed by atoms with E-state index in [2.05, 4.69) is 26.9 Å². The summed E-state index contributed by atoms with van der Waals surface area (Å²) in [6.07, 6.45) is 0. The summed E-state index contributed by atoms with van der Waals surface area (Å²) in [5, 5.41) is 11.7. The number of ether oxygens (including phenoxy) is 1. The van der Waals surface area contributed by atoms with Crippen LogP contribution in [0.15, 0.2) is 46.9 Å². The Hall–Kier alpha value is -2.45. The van der Waals surface area contributed by atoms with Crippen LogP contribution in [-0.2, 0) is 11.3 Å². The predicted molar refractivity (Wildman–Crippen MR) is 120 cm³/mol. The first-order valence-electron chi connectivity index (χ1n) is 9.86. The number of nitrogens with zero attached hydrogens (tertiary/aromatic N) is 3. The van der Waals surface area contributed by atoms with Crippen LogP contribution in [0, 0.1) is 10.1 Å². The molecule has 0 bridgehead atoms. The molecule has 0 unspecified atom stereocenters. The SMILES string of the molecule is CC(C)(C)OC(=O)c1ccc(N2CCN(Cc3ccccc3Br)CC2)c([N+](=O)[O-])c1. The van der Waals surface area contributed by atoms with Crippen molar-refractivity contribution in [2.45, 2.75) is 32.9 Å². The van der Waals surface area contributed by atoms with Gasteiger partial charge in [0.05, 0.1) is 10.5 Å². The summed E-state index contributed by atoms with van der Waals surface area (Å²) >= 11 is 3.58. The smallest absolute Gasteiger partial charge is 0.338 e. The van der Waals surface area contributed by atoms with Crippen molar-refractivity contribution in [3.63, 3.8) is 0 Å². The van der Waals surface area contributed by atoms with Gasteiger partial charge in [-0.1, -0.05) is 34.1 Å². The zero-order valence-corrected chi connectivity index (χ0v) is 19.0. The van der Waals surface area contributed by atoms with Crippen LogP contribution in [0.2, 0.25) is 0 Å². The van der Waals surface area contributed by atoms with E-state index in [4.69, 9.17) is 4.74 Å². The molecule has 1 fully saturated rings. The lowest BCUT2D eigenvalue weighted by Gasteiger charge is -2.36. The van der Waals surface area contributed by atoms with Crippen molar-refractivity contribution < 1.29 is 14.5 Å². The number of nitro groups is 1. The van der Waals surface area contributed by atoms with Crippen LogP contribution >= 0.6 is 15.9 Å². The van der Waals surface area contributed by atoms with E-state index >= 15 is 0 Å². The number of hydrogen-bond acceptors (Lipinski definition) is 6. The highest BCUT2D eigenvalue weighted by Crippen LogP contribution is 2.31. The number of carbonyl (C=O) groups is 1. The molecular weight excluding hydrogens is 450 g/mol. The number of piperazine rings is 1. The Morgan fingerprint density at radius 2 is 1.80 bits per heavy atom. The molecule has 8 heteroatoms. The number of rotatable bonds is 5. The normalized spacial score (nSPS) is 15.1. The molecule has 7 nitrogen and oxygen atoms in total. The average Bonchev–Trinajstić information content (AvgIpc) is 2.68. The fourth-order valence-electron chi connectivity index (χ4n) is 3.42. The third-order valence-corrected chi connectivity index (χ3v) is 5.65. The first kappa shape index (κ1) is 22.2. The molecule has 0 amide bonds. The first-order chi connectivity index (χ1) is 14.1. The van der Waals surface area contributed by atoms with Gasteiger partial charge in [-0.15, -0.1) is 0 Å². The van der Waals surface area contributed by atoms with Crippen LogP contribution in [-0.4, -0.2) is 47.6 Å². The second-order valence-corrected chi connectivity index (χ2v) is 9.17. The molecule has 0 saturated carbocycles. The van der Waals surface area contributed by atoms with Gasteiger partial charge in [0.2, 0.25) is 0 Å². The zero-order chi connectivity index (χ0) is 21.9. The van der Waals surface area contributed by atoms with Crippen molar-refractivity contribution in [3.05, 3.63) is 68.2 Å². The number of esters is 1. The molecule has 0 radical (unpaired) electrons. The minimum absolute atomic E-state index is 0.0717. The van der Waals surface area contributed by atoms with Gasteiger partial charge in [0, 0.05) is 43.3 Å². The fraction of sp³-hybridized carbons (Fsp3) is 0.409. The van der Waals surface area contributed by atoms with E-state index in [1.807, 2.05) is 23.1 Å². The fourth-order valence-corrected chi connectivity index (χ4v) is 3.83. The summed E-state index contributed by atoms with van der Waals surface area (Å²) < 4.78 is 6.42. The molecule has 0 aromatic heterocycles. The molecule has 1 aliphatic rings. The van der Waals surface area contributed by atoms with Gasteiger partial charge in [0.1, 0.15) is 11.3 Å². The molecule has 3 rings (SSSR count). The van der Waals surface area contributed by atoms with Gasteiger partial charge in [0.15, 0.2) is 0 Å². The van der Waals surface area contributed by atoms with E-state index in [0.717, 1.165) is 24.1 Å². The number of anilines is 1. The van der Waals surface area contributed by atoms with Gasteiger partial charge in [-0.25, -0.2) is 4.79 Å². The van der Waals surface area contributed by atoms with E-state index in [-0.39, 0.29) is 11.3 Å². The second-order valence-electron chi connectivity index (χ2n) is 8.32. The molecule has 1 saturated heterocycles. The Kier molecular flexibility index (Phi) is 6.77. The molecule has 0 N–H and O–H groups in total. The minimum Gasteiger partial charge on any atom is -0.456 e. The molecule has 2 aromatic carbocycles. The third-order valence-electron chi connectivity index (χ3n) is 4.87. The molecule has 0 atom stereocenters. The lowest BCUT2D eigenvalue weighted by atomic mass is 10.1. The summed E-state index contributed by atoms with van der Waals surface area (Å²) in [5.41, 5.74) is 1.21. The second kappa shape index (κ2) is 9.14. The van der Waals surface area contributed by atoms with Crippen LogP contribution in [0.5, 0.6) is 0 Å². The quantitative estimate of drug-likeness (QED) is 0.356. The number of nitro benzene ring substituents is 1. The maximum Gasteiger partial charge on any atom is 0.338 e. The maximum atomic E-state index is 12.3. The zero-order valence-electron chi connectivity index (χ0n) is 17.4. The Morgan fingerprint density at radius 3 is 2.40 bits per heavy atom. The van der Waals surface area contributed by atoms with Gasteiger partial charge in [-0.2, -0.15) is 0 Å². The number of carbonyl (C=O) groups excluding carboxylic acids is 1. The van der Waals surface area contributed by atoms with Gasteiger partial charge < -0.3 is 9.64 Å². The van der Waals surface area contributed by atoms with Crippen molar-refractivity contribution >= 4 is 33.3 Å². The highest BCUT2D eigenvalue weighted by atomic mass is 79.9. The van der Waals surface area contributed by atoms with Gasteiger partial charge in [0.25, 0.3) is 5.69 Å². The Balaban J connectivity index is 1.71. The monoisotopic (exact) mass is 475 g/mol. The number of benzene rings is 2. The van der Waals surface area contributed by atoms with Crippen molar-refractivity contribution in [2.75, 3.05) is 31.1 Å². The molecule has 1 aliphatic heterocycles. The molecule has 1 heterocycles. The molecule has 0 spiro atoms. The van der Waals surface area contributed by atoms with Crippen molar-refractivity contribution in [3.8, 4) is 0 Å². The standard InChI is InChI=1S/C22H26BrN3O4/c1-22(2,3)30-21(27)16-8-9-19(20(14-16)26(28)29)25-12-10-24(11-13-25)15-17-6-4-5-7-18(17)23/h4-9,14H,10-13,15H2,1-3H3. The Labute approximate surface area is 184 Å². The van der Waals surface area contributed by atoms with Crippen LogP contribution < -0.4 is 4.90 Å². The van der Waals surface area contributed by atoms with E-state index in [1.165, 1.54) is 11.6 Å². The summed E-state index contributed by atoms with van der Waals surface area (Å²) in [6, 6.07) is 12.7. The Bertz CT molecular complexity index is 934. The van der Waals surface area contributed by atoms with Crippen molar-refractivity contribution in [1.82, 2.24) is 4.90 Å². The number of halogens is 1. The van der Waals surface area contributed by atoms with Crippen molar-refractivity contribution in [1.29, 1.82) is 0 Å². The summed E-state index contributed by atoms with van der Waals surface area (Å²) in [4.78, 5) is 27.9. The lowest BCUT2D eigenvalue weighted by Crippen LogP contribution is -2.46. The topological polar surface area (TPSA) is 75.9 Å². The molecule has 30 heavy (non-hydrogen) atoms. The van der Waals surface area contributed by atoms with Crippen LogP contribution in [0.25, 0.3) is 0 Å². The largest absolute Gasteiger partial charge is 0.456 e. The van der Waals surface area contributed by atoms with E-state index in [9.17, 15) is 14.9 Å². The summed E-state index contributed by atoms with van der Waals surface area (Å²) in [7, 11) is 0. The van der Waals surface area contributed by atoms with E-state index < -0.39 is 16.5 Å². The molecular formula is C22H26BrN3O4. The summed E-state index contributed by atoms with van der Waals surface area (Å²) in [5.74, 6) is -0.560. The van der Waals surface area contributed by atoms with Gasteiger partial charge >= 0.3 is 5.97 Å². The van der Waals surface area contributed by atoms with E-state index in [0.29, 0.717) is 18.8 Å². The predicted octanol–water partition coefficient (Wildman–Crippen LogP) is 4.63. The lowest BCUT2D eigenvalue weighted by molar-refractivity contribution is -0.384. The van der Waals surface area contributed by atoms with Crippen molar-refractivity contribution in [2.24, 2.45) is 0 Å². The minimum atomic E-state index is -0.658. The van der Waals surface area contributed by atoms with Gasteiger partial charge in [-0.3, -0.25) is 15.0 Å². The summed E-state index contributed by atoms with van der Waals surface area (Å²) in [6.45, 7) is 9.07. The van der Waals surface area contributed by atoms with Crippen LogP contribution in [0.4, 0.5) is 11.4 Å². The molecule has 2 aromatic rings.